The summed E-state index contributed by atoms with van der Waals surface area (Å²) in [6, 6.07) is 4.79. The van der Waals surface area contributed by atoms with Gasteiger partial charge < -0.3 is 10.4 Å². The highest BCUT2D eigenvalue weighted by molar-refractivity contribution is 7.93. The minimum absolute atomic E-state index is 0.159. The number of aliphatic hydroxyl groups excluding tert-OH is 1. The lowest BCUT2D eigenvalue weighted by molar-refractivity contribution is 0.123. The molecular formula is C21H21FN6O3S2. The summed E-state index contributed by atoms with van der Waals surface area (Å²) < 4.78 is 41.5. The number of rotatable bonds is 8. The number of thiazole rings is 1. The first-order valence-electron chi connectivity index (χ1n) is 10.0. The van der Waals surface area contributed by atoms with Gasteiger partial charge in [0.25, 0.3) is 0 Å². The van der Waals surface area contributed by atoms with Crippen molar-refractivity contribution >= 4 is 32.3 Å². The zero-order chi connectivity index (χ0) is 23.8. The molecule has 12 heteroatoms. The van der Waals surface area contributed by atoms with Crippen LogP contribution >= 0.6 is 11.3 Å². The van der Waals surface area contributed by atoms with Crippen molar-refractivity contribution < 1.29 is 17.9 Å². The highest BCUT2D eigenvalue weighted by Crippen LogP contribution is 2.34. The average molecular weight is 489 g/mol. The molecule has 4 rings (SSSR count). The van der Waals surface area contributed by atoms with E-state index in [1.54, 1.807) is 25.3 Å². The van der Waals surface area contributed by atoms with Gasteiger partial charge in [-0.3, -0.25) is 9.71 Å². The van der Waals surface area contributed by atoms with E-state index in [1.165, 1.54) is 24.7 Å². The molecule has 1 saturated carbocycles. The van der Waals surface area contributed by atoms with Crippen molar-refractivity contribution in [3.63, 3.8) is 0 Å². The van der Waals surface area contributed by atoms with Gasteiger partial charge in [-0.1, -0.05) is 0 Å². The summed E-state index contributed by atoms with van der Waals surface area (Å²) in [6.45, 7) is 3.40. The minimum atomic E-state index is -3.44. The van der Waals surface area contributed by atoms with Gasteiger partial charge in [0, 0.05) is 35.1 Å². The molecule has 0 radical (unpaired) electrons. The number of halogens is 1. The predicted molar refractivity (Wildman–Crippen MR) is 122 cm³/mol. The number of nitrogens with one attached hydrogen (secondary N) is 2. The molecule has 1 atom stereocenters. The first kappa shape index (κ1) is 23.0. The Hall–Kier alpha value is -3.14. The third-order valence-corrected chi connectivity index (χ3v) is 8.07. The summed E-state index contributed by atoms with van der Waals surface area (Å²) in [5, 5.41) is 23.9. The number of aliphatic hydroxyl groups is 1. The van der Waals surface area contributed by atoms with Gasteiger partial charge in [-0.15, -0.1) is 11.3 Å². The molecule has 0 amide bonds. The number of nitriles is 1. The lowest BCUT2D eigenvalue weighted by Crippen LogP contribution is -2.40. The van der Waals surface area contributed by atoms with Crippen molar-refractivity contribution in [2.75, 3.05) is 10.0 Å². The van der Waals surface area contributed by atoms with Crippen molar-refractivity contribution in [1.82, 2.24) is 15.0 Å². The minimum Gasteiger partial charge on any atom is -0.373 e. The monoisotopic (exact) mass is 488 g/mol. The Kier molecular flexibility index (Phi) is 6.04. The van der Waals surface area contributed by atoms with Crippen LogP contribution in [0.15, 0.2) is 36.1 Å². The van der Waals surface area contributed by atoms with E-state index < -0.39 is 27.5 Å². The van der Waals surface area contributed by atoms with E-state index in [0.717, 1.165) is 11.3 Å². The molecule has 9 nitrogen and oxygen atoms in total. The molecule has 0 bridgehead atoms. The van der Waals surface area contributed by atoms with Crippen LogP contribution in [-0.2, 0) is 15.4 Å². The Bertz CT molecular complexity index is 1330. The first-order valence-corrected chi connectivity index (χ1v) is 12.5. The van der Waals surface area contributed by atoms with Crippen molar-refractivity contribution in [2.24, 2.45) is 0 Å². The van der Waals surface area contributed by atoms with Gasteiger partial charge in [0.1, 0.15) is 12.3 Å². The molecule has 3 heterocycles. The molecule has 33 heavy (non-hydrogen) atoms. The lowest BCUT2D eigenvalue weighted by Gasteiger charge is -2.29. The normalized spacial score (nSPS) is 15.0. The molecule has 3 aromatic rings. The van der Waals surface area contributed by atoms with Crippen molar-refractivity contribution in [3.8, 4) is 17.2 Å². The Balaban J connectivity index is 1.49. The second-order valence-corrected chi connectivity index (χ2v) is 11.1. The summed E-state index contributed by atoms with van der Waals surface area (Å²) in [6.07, 6.45) is 4.32. The van der Waals surface area contributed by atoms with Crippen molar-refractivity contribution in [3.05, 3.63) is 53.2 Å². The van der Waals surface area contributed by atoms with Gasteiger partial charge in [-0.05, 0) is 38.8 Å². The molecular weight excluding hydrogens is 467 g/mol. The maximum atomic E-state index is 14.7. The molecule has 1 aliphatic rings. The fourth-order valence-corrected chi connectivity index (χ4v) is 5.49. The van der Waals surface area contributed by atoms with Crippen LogP contribution in [0.5, 0.6) is 0 Å². The Morgan fingerprint density at radius 2 is 2.00 bits per heavy atom. The SMILES string of the molecule is CC(C)(c1csc(NS(=O)(=O)C2CC2)n1)C(O)Nc1ncc(-c2cncc(C#N)c2)cc1F. The summed E-state index contributed by atoms with van der Waals surface area (Å²) in [4.78, 5) is 12.3. The molecule has 1 aliphatic carbocycles. The Labute approximate surface area is 194 Å². The number of aromatic nitrogens is 3. The number of anilines is 2. The second kappa shape index (κ2) is 8.66. The highest BCUT2D eigenvalue weighted by Gasteiger charge is 2.37. The topological polar surface area (TPSA) is 141 Å². The van der Waals surface area contributed by atoms with Gasteiger partial charge in [-0.2, -0.15) is 5.26 Å². The van der Waals surface area contributed by atoms with Crippen molar-refractivity contribution in [2.45, 2.75) is 43.6 Å². The molecule has 0 aliphatic heterocycles. The van der Waals surface area contributed by atoms with Gasteiger partial charge >= 0.3 is 0 Å². The zero-order valence-electron chi connectivity index (χ0n) is 17.8. The third kappa shape index (κ3) is 4.95. The van der Waals surface area contributed by atoms with Crippen LogP contribution in [0.1, 0.15) is 37.9 Å². The Morgan fingerprint density at radius 3 is 2.67 bits per heavy atom. The zero-order valence-corrected chi connectivity index (χ0v) is 19.4. The van der Waals surface area contributed by atoms with E-state index in [2.05, 4.69) is 25.0 Å². The number of hydrogen-bond acceptors (Lipinski definition) is 9. The Morgan fingerprint density at radius 1 is 1.27 bits per heavy atom. The van der Waals surface area contributed by atoms with Crippen LogP contribution in [0.4, 0.5) is 15.3 Å². The molecule has 0 aromatic carbocycles. The van der Waals surface area contributed by atoms with E-state index in [9.17, 15) is 17.9 Å². The molecule has 0 spiro atoms. The number of sulfonamides is 1. The number of pyridine rings is 2. The molecule has 172 valence electrons. The fourth-order valence-electron chi connectivity index (χ4n) is 3.01. The molecule has 0 saturated heterocycles. The summed E-state index contributed by atoms with van der Waals surface area (Å²) in [5.41, 5.74) is 0.768. The van der Waals surface area contributed by atoms with E-state index in [-0.39, 0.29) is 16.2 Å². The van der Waals surface area contributed by atoms with Gasteiger partial charge in [0.05, 0.1) is 21.9 Å². The fraction of sp³-hybridized carbons (Fsp3) is 0.333. The second-order valence-electron chi connectivity index (χ2n) is 8.28. The standard InChI is InChI=1S/C21H21FN6O3S2/c1-21(2,17-11-32-20(26-17)28-33(30,31)15-3-4-15)19(29)27-18-16(22)6-14(10-25-18)13-5-12(7-23)8-24-9-13/h5-6,8-11,15,19,29H,3-4H2,1-2H3,(H,25,27)(H,26,28). The van der Waals surface area contributed by atoms with Gasteiger partial charge in [0.2, 0.25) is 10.0 Å². The molecule has 3 aromatic heterocycles. The molecule has 1 fully saturated rings. The van der Waals surface area contributed by atoms with Crippen LogP contribution < -0.4 is 10.0 Å². The summed E-state index contributed by atoms with van der Waals surface area (Å²) >= 11 is 1.12. The van der Waals surface area contributed by atoms with Crippen LogP contribution in [0.25, 0.3) is 11.1 Å². The summed E-state index contributed by atoms with van der Waals surface area (Å²) in [5.74, 6) is -0.852. The summed E-state index contributed by atoms with van der Waals surface area (Å²) in [7, 11) is -3.44. The number of hydrogen-bond donors (Lipinski definition) is 3. The predicted octanol–water partition coefficient (Wildman–Crippen LogP) is 3.22. The molecule has 3 N–H and O–H groups in total. The van der Waals surface area contributed by atoms with Crippen molar-refractivity contribution in [1.29, 1.82) is 5.26 Å². The largest absolute Gasteiger partial charge is 0.373 e. The van der Waals surface area contributed by atoms with Crippen LogP contribution in [0.2, 0.25) is 0 Å². The van der Waals surface area contributed by atoms with E-state index in [1.807, 2.05) is 6.07 Å². The number of nitrogens with zero attached hydrogens (tertiary/aromatic N) is 4. The maximum absolute atomic E-state index is 14.7. The average Bonchev–Trinajstić information content (AvgIpc) is 3.55. The van der Waals surface area contributed by atoms with Gasteiger partial charge in [-0.25, -0.2) is 22.8 Å². The quantitative estimate of drug-likeness (QED) is 0.411. The van der Waals surface area contributed by atoms with E-state index in [4.69, 9.17) is 5.26 Å². The molecule has 1 unspecified atom stereocenters. The van der Waals surface area contributed by atoms with E-state index in [0.29, 0.717) is 35.2 Å². The van der Waals surface area contributed by atoms with Crippen LogP contribution in [0, 0.1) is 17.1 Å². The highest BCUT2D eigenvalue weighted by atomic mass is 32.2. The smallest absolute Gasteiger partial charge is 0.237 e. The van der Waals surface area contributed by atoms with Crippen LogP contribution in [0.3, 0.4) is 0 Å². The van der Waals surface area contributed by atoms with E-state index >= 15 is 0 Å². The first-order chi connectivity index (χ1) is 15.6. The van der Waals surface area contributed by atoms with Crippen LogP contribution in [-0.4, -0.2) is 40.0 Å². The third-order valence-electron chi connectivity index (χ3n) is 5.36. The van der Waals surface area contributed by atoms with Gasteiger partial charge in [0.15, 0.2) is 16.8 Å². The maximum Gasteiger partial charge on any atom is 0.237 e. The lowest BCUT2D eigenvalue weighted by atomic mass is 9.88.